The lowest BCUT2D eigenvalue weighted by Gasteiger charge is -2.30. The average Bonchev–Trinajstić information content (AvgIpc) is 3.37. The van der Waals surface area contributed by atoms with Crippen LogP contribution in [0.3, 0.4) is 0 Å². The number of hydrogen-bond donors (Lipinski definition) is 1. The van der Waals surface area contributed by atoms with E-state index in [1.54, 1.807) is 12.1 Å². The first-order chi connectivity index (χ1) is 13.5. The number of aromatic amines is 1. The molecule has 2 aliphatic rings. The molecule has 1 unspecified atom stereocenters. The number of morpholine rings is 1. The topological polar surface area (TPSA) is 87.8 Å². The number of halogens is 1. The van der Waals surface area contributed by atoms with E-state index in [1.165, 1.54) is 20.7 Å². The molecule has 2 aliphatic heterocycles. The maximum atomic E-state index is 13.2. The molecule has 2 fully saturated rings. The number of rotatable bonds is 6. The molecular formula is C18H23FN4O4S. The second-order valence-electron chi connectivity index (χ2n) is 6.93. The van der Waals surface area contributed by atoms with Crippen LogP contribution in [0.5, 0.6) is 5.75 Å². The highest BCUT2D eigenvalue weighted by Crippen LogP contribution is 2.29. The van der Waals surface area contributed by atoms with Crippen LogP contribution in [0.2, 0.25) is 0 Å². The Morgan fingerprint density at radius 2 is 2.04 bits per heavy atom. The molecule has 28 heavy (non-hydrogen) atoms. The fourth-order valence-electron chi connectivity index (χ4n) is 3.50. The Morgan fingerprint density at radius 1 is 1.21 bits per heavy atom. The van der Waals surface area contributed by atoms with E-state index in [0.717, 1.165) is 17.8 Å². The van der Waals surface area contributed by atoms with Gasteiger partial charge in [0.15, 0.2) is 0 Å². The zero-order valence-corrected chi connectivity index (χ0v) is 16.2. The van der Waals surface area contributed by atoms with Crippen LogP contribution in [0, 0.1) is 5.82 Å². The molecule has 0 spiro atoms. The monoisotopic (exact) mass is 410 g/mol. The maximum absolute atomic E-state index is 13.2. The molecule has 10 heteroatoms. The third-order valence-electron chi connectivity index (χ3n) is 5.03. The van der Waals surface area contributed by atoms with Gasteiger partial charge < -0.3 is 9.47 Å². The Bertz CT molecular complexity index is 914. The molecule has 1 N–H and O–H groups in total. The van der Waals surface area contributed by atoms with Gasteiger partial charge in [-0.25, -0.2) is 4.39 Å². The summed E-state index contributed by atoms with van der Waals surface area (Å²) >= 11 is 0. The summed E-state index contributed by atoms with van der Waals surface area (Å²) in [5.74, 6) is 0.130. The van der Waals surface area contributed by atoms with Crippen molar-refractivity contribution >= 4 is 10.2 Å². The largest absolute Gasteiger partial charge is 0.487 e. The SMILES string of the molecule is O=S(=O)(N1CCOCC1)N1CCC(c2cc(COc3cccc(F)c3)[nH]n2)C1. The van der Waals surface area contributed by atoms with Gasteiger partial charge >= 0.3 is 0 Å². The van der Waals surface area contributed by atoms with Crippen molar-refractivity contribution in [3.05, 3.63) is 47.5 Å². The number of H-pyrrole nitrogens is 1. The average molecular weight is 410 g/mol. The predicted octanol–water partition coefficient (Wildman–Crippen LogP) is 1.49. The Kier molecular flexibility index (Phi) is 5.63. The Hall–Kier alpha value is -2.01. The first kappa shape index (κ1) is 19.3. The molecule has 1 atom stereocenters. The smallest absolute Gasteiger partial charge is 0.282 e. The van der Waals surface area contributed by atoms with Gasteiger partial charge in [0.1, 0.15) is 18.2 Å². The number of aromatic nitrogens is 2. The lowest BCUT2D eigenvalue weighted by Crippen LogP contribution is -2.47. The highest BCUT2D eigenvalue weighted by Gasteiger charge is 2.37. The Labute approximate surface area is 163 Å². The van der Waals surface area contributed by atoms with Gasteiger partial charge in [-0.1, -0.05) is 6.07 Å². The third-order valence-corrected chi connectivity index (χ3v) is 7.03. The quantitative estimate of drug-likeness (QED) is 0.780. The summed E-state index contributed by atoms with van der Waals surface area (Å²) in [6.45, 7) is 2.79. The summed E-state index contributed by atoms with van der Waals surface area (Å²) in [6, 6.07) is 7.84. The van der Waals surface area contributed by atoms with Gasteiger partial charge in [0.2, 0.25) is 0 Å². The van der Waals surface area contributed by atoms with Crippen LogP contribution in [0.15, 0.2) is 30.3 Å². The van der Waals surface area contributed by atoms with E-state index in [1.807, 2.05) is 6.07 Å². The summed E-state index contributed by atoms with van der Waals surface area (Å²) < 4.78 is 52.6. The molecule has 0 amide bonds. The molecule has 0 bridgehead atoms. The minimum absolute atomic E-state index is 0.0370. The molecule has 8 nitrogen and oxygen atoms in total. The molecule has 0 radical (unpaired) electrons. The minimum Gasteiger partial charge on any atom is -0.487 e. The van der Waals surface area contributed by atoms with Crippen molar-refractivity contribution in [3.8, 4) is 5.75 Å². The van der Waals surface area contributed by atoms with Crippen molar-refractivity contribution in [1.82, 2.24) is 18.8 Å². The normalized spacial score (nSPS) is 21.8. The zero-order chi connectivity index (χ0) is 19.6. The lowest BCUT2D eigenvalue weighted by molar-refractivity contribution is 0.0705. The van der Waals surface area contributed by atoms with Crippen LogP contribution in [0.1, 0.15) is 23.7 Å². The molecule has 2 saturated heterocycles. The van der Waals surface area contributed by atoms with E-state index in [4.69, 9.17) is 9.47 Å². The number of hydrogen-bond acceptors (Lipinski definition) is 5. The summed E-state index contributed by atoms with van der Waals surface area (Å²) in [6.07, 6.45) is 0.721. The highest BCUT2D eigenvalue weighted by molar-refractivity contribution is 7.86. The zero-order valence-electron chi connectivity index (χ0n) is 15.4. The first-order valence-corrected chi connectivity index (χ1v) is 10.7. The van der Waals surface area contributed by atoms with Crippen molar-refractivity contribution in [2.45, 2.75) is 18.9 Å². The summed E-state index contributed by atoms with van der Waals surface area (Å²) in [7, 11) is -3.46. The van der Waals surface area contributed by atoms with E-state index < -0.39 is 10.2 Å². The second-order valence-corrected chi connectivity index (χ2v) is 8.86. The molecule has 0 saturated carbocycles. The fourth-order valence-corrected chi connectivity index (χ4v) is 5.14. The molecule has 2 aromatic rings. The molecule has 1 aromatic carbocycles. The van der Waals surface area contributed by atoms with Crippen molar-refractivity contribution < 1.29 is 22.3 Å². The number of benzene rings is 1. The van der Waals surface area contributed by atoms with Crippen LogP contribution in [-0.4, -0.2) is 66.6 Å². The molecule has 3 heterocycles. The first-order valence-electron chi connectivity index (χ1n) is 9.28. The number of ether oxygens (including phenoxy) is 2. The molecule has 1 aromatic heterocycles. The van der Waals surface area contributed by atoms with Gasteiger partial charge in [-0.3, -0.25) is 5.10 Å². The summed E-state index contributed by atoms with van der Waals surface area (Å²) in [4.78, 5) is 0. The van der Waals surface area contributed by atoms with Crippen LogP contribution in [0.4, 0.5) is 4.39 Å². The predicted molar refractivity (Wildman–Crippen MR) is 99.6 cm³/mol. The maximum Gasteiger partial charge on any atom is 0.282 e. The highest BCUT2D eigenvalue weighted by atomic mass is 32.2. The van der Waals surface area contributed by atoms with Gasteiger partial charge in [-0.15, -0.1) is 0 Å². The minimum atomic E-state index is -3.46. The molecule has 152 valence electrons. The number of nitrogens with zero attached hydrogens (tertiary/aromatic N) is 3. The number of nitrogens with one attached hydrogen (secondary N) is 1. The van der Waals surface area contributed by atoms with E-state index in [0.29, 0.717) is 45.1 Å². The van der Waals surface area contributed by atoms with Crippen molar-refractivity contribution in [2.75, 3.05) is 39.4 Å². The van der Waals surface area contributed by atoms with Gasteiger partial charge in [-0.2, -0.15) is 22.1 Å². The van der Waals surface area contributed by atoms with Crippen LogP contribution in [-0.2, 0) is 21.6 Å². The van der Waals surface area contributed by atoms with E-state index in [2.05, 4.69) is 10.2 Å². The van der Waals surface area contributed by atoms with Crippen molar-refractivity contribution in [1.29, 1.82) is 0 Å². The summed E-state index contributed by atoms with van der Waals surface area (Å²) in [5.41, 5.74) is 1.58. The van der Waals surface area contributed by atoms with Gasteiger partial charge in [0.25, 0.3) is 10.2 Å². The van der Waals surface area contributed by atoms with Crippen LogP contribution in [0.25, 0.3) is 0 Å². The van der Waals surface area contributed by atoms with E-state index >= 15 is 0 Å². The van der Waals surface area contributed by atoms with Gasteiger partial charge in [0.05, 0.1) is 24.6 Å². The van der Waals surface area contributed by atoms with Crippen molar-refractivity contribution in [2.24, 2.45) is 0 Å². The second kappa shape index (κ2) is 8.16. The van der Waals surface area contributed by atoms with Crippen LogP contribution < -0.4 is 4.74 Å². The fraction of sp³-hybridized carbons (Fsp3) is 0.500. The van der Waals surface area contributed by atoms with Gasteiger partial charge in [-0.05, 0) is 24.6 Å². The molecule has 0 aliphatic carbocycles. The van der Waals surface area contributed by atoms with Crippen molar-refractivity contribution in [3.63, 3.8) is 0 Å². The Balaban J connectivity index is 1.35. The van der Waals surface area contributed by atoms with E-state index in [-0.39, 0.29) is 18.3 Å². The van der Waals surface area contributed by atoms with E-state index in [9.17, 15) is 12.8 Å². The molecule has 4 rings (SSSR count). The standard InChI is InChI=1S/C18H23FN4O4S/c19-15-2-1-3-17(10-15)27-13-16-11-18(21-20-16)14-4-5-23(12-14)28(24,25)22-6-8-26-9-7-22/h1-3,10-11,14H,4-9,12-13H2,(H,20,21). The third kappa shape index (κ3) is 4.19. The Morgan fingerprint density at radius 3 is 2.82 bits per heavy atom. The summed E-state index contributed by atoms with van der Waals surface area (Å²) in [5, 5.41) is 7.24. The van der Waals surface area contributed by atoms with Gasteiger partial charge in [0, 0.05) is 38.2 Å². The molecular weight excluding hydrogens is 387 g/mol. The lowest BCUT2D eigenvalue weighted by atomic mass is 10.1. The van der Waals surface area contributed by atoms with Crippen LogP contribution >= 0.6 is 0 Å².